The van der Waals surface area contributed by atoms with Gasteiger partial charge in [-0.1, -0.05) is 6.92 Å². The topological polar surface area (TPSA) is 40.5 Å². The molecule has 0 aromatic heterocycles. The van der Waals surface area contributed by atoms with Crippen molar-refractivity contribution < 1.29 is 9.79 Å². The summed E-state index contributed by atoms with van der Waals surface area (Å²) >= 11 is 5.22. The van der Waals surface area contributed by atoms with Crippen LogP contribution in [0.4, 0.5) is 0 Å². The fraction of sp³-hybridized carbons (Fsp3) is 1.00. The van der Waals surface area contributed by atoms with E-state index >= 15 is 0 Å². The Labute approximate surface area is 56.4 Å². The van der Waals surface area contributed by atoms with E-state index in [0.29, 0.717) is 0 Å². The molecule has 8 heavy (non-hydrogen) atoms. The van der Waals surface area contributed by atoms with Crippen LogP contribution < -0.4 is 0 Å². The molecule has 0 rings (SSSR count). The molecule has 0 radical (unpaired) electrons. The molecule has 0 aliphatic heterocycles. The van der Waals surface area contributed by atoms with Gasteiger partial charge in [0.1, 0.15) is 0 Å². The van der Waals surface area contributed by atoms with Gasteiger partial charge in [0.25, 0.3) is 0 Å². The lowest BCUT2D eigenvalue weighted by molar-refractivity contribution is 0.500. The molecule has 1 atom stereocenters. The van der Waals surface area contributed by atoms with Crippen molar-refractivity contribution >= 4 is 27.2 Å². The van der Waals surface area contributed by atoms with Crippen LogP contribution in [0.5, 0.6) is 0 Å². The molecule has 0 fully saturated rings. The second-order valence-corrected chi connectivity index (χ2v) is 9.50. The van der Waals surface area contributed by atoms with Crippen LogP contribution in [-0.4, -0.2) is 21.8 Å². The lowest BCUT2D eigenvalue weighted by Crippen LogP contribution is -1.89. The van der Waals surface area contributed by atoms with Gasteiger partial charge in [0.05, 0.1) is 0 Å². The molecule has 0 saturated heterocycles. The average Bonchev–Trinajstić information content (AvgIpc) is 1.62. The Morgan fingerprint density at radius 3 is 2.00 bits per heavy atom. The van der Waals surface area contributed by atoms with Crippen molar-refractivity contribution in [3.8, 4) is 0 Å². The number of hydrogen-bond donors (Lipinski definition) is 2. The van der Waals surface area contributed by atoms with Crippen molar-refractivity contribution in [2.24, 2.45) is 0 Å². The van der Waals surface area contributed by atoms with Crippen LogP contribution in [-0.2, 0) is 10.1 Å². The first-order valence-corrected chi connectivity index (χ1v) is 7.16. The highest BCUT2D eigenvalue weighted by atomic mass is 35.7. The standard InChI is InChI=1S/C3H10ClO2PS/c1-3-8(2)7(4,5)6/h5-6H,3H2,1-2H3. The average molecular weight is 177 g/mol. The molecule has 0 spiro atoms. The predicted molar refractivity (Wildman–Crippen MR) is 41.0 cm³/mol. The predicted octanol–water partition coefficient (Wildman–Crippen LogP) is 1.16. The smallest absolute Gasteiger partial charge is 0.235 e. The van der Waals surface area contributed by atoms with Crippen LogP contribution in [0.3, 0.4) is 0 Å². The lowest BCUT2D eigenvalue weighted by atomic mass is 11.0. The van der Waals surface area contributed by atoms with Gasteiger partial charge in [-0.3, -0.25) is 0 Å². The van der Waals surface area contributed by atoms with Gasteiger partial charge in [0, 0.05) is 0 Å². The van der Waals surface area contributed by atoms with Crippen LogP contribution >= 0.6 is 17.1 Å². The van der Waals surface area contributed by atoms with Crippen molar-refractivity contribution in [1.82, 2.24) is 0 Å². The molecule has 0 amide bonds. The molecule has 0 heterocycles. The van der Waals surface area contributed by atoms with Crippen LogP contribution in [0.15, 0.2) is 0 Å². The third-order valence-corrected chi connectivity index (χ3v) is 7.72. The molecule has 0 aromatic carbocycles. The molecule has 52 valence electrons. The maximum Gasteiger partial charge on any atom is 0.235 e. The van der Waals surface area contributed by atoms with E-state index in [9.17, 15) is 0 Å². The number of rotatable bonds is 1. The van der Waals surface area contributed by atoms with Gasteiger partial charge in [-0.05, 0) is 23.2 Å². The summed E-state index contributed by atoms with van der Waals surface area (Å²) in [7, 11) is -0.407. The minimum Gasteiger partial charge on any atom is -0.338 e. The minimum absolute atomic E-state index is 0.407. The summed E-state index contributed by atoms with van der Waals surface area (Å²) in [6.45, 7) is 1.88. The molecule has 1 unspecified atom stereocenters. The Morgan fingerprint density at radius 2 is 2.00 bits per heavy atom. The Balaban J connectivity index is 4.28. The summed E-state index contributed by atoms with van der Waals surface area (Å²) in [4.78, 5) is 17.5. The summed E-state index contributed by atoms with van der Waals surface area (Å²) in [5.41, 5.74) is 0. The van der Waals surface area contributed by atoms with Crippen molar-refractivity contribution in [3.05, 3.63) is 0 Å². The van der Waals surface area contributed by atoms with E-state index in [1.807, 2.05) is 6.92 Å². The molecule has 0 bridgehead atoms. The third-order valence-electron chi connectivity index (χ3n) is 0.814. The summed E-state index contributed by atoms with van der Waals surface area (Å²) < 4.78 is 0. The van der Waals surface area contributed by atoms with Crippen LogP contribution in [0, 0.1) is 0 Å². The summed E-state index contributed by atoms with van der Waals surface area (Å²) in [5.74, 6) is -2.27. The lowest BCUT2D eigenvalue weighted by Gasteiger charge is -2.06. The Bertz CT molecular complexity index is 121. The zero-order valence-corrected chi connectivity index (χ0v) is 7.30. The van der Waals surface area contributed by atoms with Gasteiger partial charge < -0.3 is 9.79 Å². The van der Waals surface area contributed by atoms with Crippen LogP contribution in [0.25, 0.3) is 0 Å². The second-order valence-electron chi connectivity index (χ2n) is 1.36. The minimum atomic E-state index is -3.01. The van der Waals surface area contributed by atoms with Gasteiger partial charge >= 0.3 is 0 Å². The fourth-order valence-corrected chi connectivity index (χ4v) is 2.36. The zero-order valence-electron chi connectivity index (χ0n) is 4.83. The summed E-state index contributed by atoms with van der Waals surface area (Å²) in [6.07, 6.45) is 1.75. The molecule has 2 N–H and O–H groups in total. The maximum atomic E-state index is 8.73. The number of halogens is 1. The highest BCUT2D eigenvalue weighted by Crippen LogP contribution is 2.46. The molecule has 0 aromatic rings. The monoisotopic (exact) mass is 176 g/mol. The largest absolute Gasteiger partial charge is 0.338 e. The Morgan fingerprint density at radius 1 is 1.62 bits per heavy atom. The van der Waals surface area contributed by atoms with E-state index in [1.165, 1.54) is 0 Å². The molecular weight excluding hydrogens is 167 g/mol. The van der Waals surface area contributed by atoms with E-state index < -0.39 is 15.9 Å². The second kappa shape index (κ2) is 3.23. The van der Waals surface area contributed by atoms with E-state index in [0.717, 1.165) is 5.75 Å². The van der Waals surface area contributed by atoms with Crippen molar-refractivity contribution in [1.29, 1.82) is 0 Å². The van der Waals surface area contributed by atoms with Crippen LogP contribution in [0.2, 0.25) is 0 Å². The Hall–Kier alpha value is 0.990. The Kier molecular flexibility index (Phi) is 3.63. The van der Waals surface area contributed by atoms with Crippen molar-refractivity contribution in [2.45, 2.75) is 6.92 Å². The van der Waals surface area contributed by atoms with Gasteiger partial charge in [0.2, 0.25) is 5.84 Å². The number of hydrogen-bond acceptors (Lipinski definition) is 0. The fourth-order valence-electron chi connectivity index (χ4n) is 0.164. The van der Waals surface area contributed by atoms with E-state index in [4.69, 9.17) is 21.0 Å². The zero-order chi connectivity index (χ0) is 6.78. The third kappa shape index (κ3) is 3.10. The molecule has 0 aliphatic carbocycles. The summed E-state index contributed by atoms with van der Waals surface area (Å²) in [5, 5.41) is 0. The normalized spacial score (nSPS) is 16.1. The SMILES string of the molecule is CCS(C)=P(O)(O)Cl. The maximum absolute atomic E-state index is 8.73. The molecule has 0 aliphatic rings. The van der Waals surface area contributed by atoms with Crippen LogP contribution in [0.1, 0.15) is 6.92 Å². The molecule has 0 saturated carbocycles. The van der Waals surface area contributed by atoms with Crippen molar-refractivity contribution in [3.63, 3.8) is 0 Å². The van der Waals surface area contributed by atoms with E-state index in [1.54, 1.807) is 6.26 Å². The first-order valence-electron chi connectivity index (χ1n) is 2.16. The summed E-state index contributed by atoms with van der Waals surface area (Å²) in [6, 6.07) is 0. The quantitative estimate of drug-likeness (QED) is 0.589. The van der Waals surface area contributed by atoms with E-state index in [2.05, 4.69) is 0 Å². The van der Waals surface area contributed by atoms with Gasteiger partial charge in [-0.25, -0.2) is 0 Å². The first-order chi connectivity index (χ1) is 3.48. The van der Waals surface area contributed by atoms with Gasteiger partial charge in [0.15, 0.2) is 0 Å². The highest BCUT2D eigenvalue weighted by Gasteiger charge is 2.04. The molecular formula is C3H10ClO2PS. The molecule has 2 nitrogen and oxygen atoms in total. The van der Waals surface area contributed by atoms with Gasteiger partial charge in [-0.2, -0.15) is 0 Å². The van der Waals surface area contributed by atoms with E-state index in [-0.39, 0.29) is 0 Å². The molecule has 5 heteroatoms. The highest BCUT2D eigenvalue weighted by molar-refractivity contribution is 8.37. The first kappa shape index (κ1) is 8.99. The van der Waals surface area contributed by atoms with Gasteiger partial charge in [-0.15, -0.1) is 10.1 Å². The van der Waals surface area contributed by atoms with Crippen molar-refractivity contribution in [2.75, 3.05) is 12.0 Å².